The molecule has 0 aliphatic carbocycles. The zero-order chi connectivity index (χ0) is 11.8. The van der Waals surface area contributed by atoms with Gasteiger partial charge in [0.15, 0.2) is 5.65 Å². The Labute approximate surface area is 112 Å². The van der Waals surface area contributed by atoms with E-state index >= 15 is 0 Å². The first-order valence-electron chi connectivity index (χ1n) is 5.13. The van der Waals surface area contributed by atoms with Gasteiger partial charge in [0.2, 0.25) is 0 Å². The highest BCUT2D eigenvalue weighted by Gasteiger charge is 2.06. The van der Waals surface area contributed by atoms with E-state index < -0.39 is 0 Å². The third-order valence-corrected chi connectivity index (χ3v) is 3.45. The first-order chi connectivity index (χ1) is 8.24. The van der Waals surface area contributed by atoms with E-state index in [9.17, 15) is 0 Å². The van der Waals surface area contributed by atoms with E-state index in [2.05, 4.69) is 20.9 Å². The second-order valence-corrected chi connectivity index (χ2v) is 5.01. The van der Waals surface area contributed by atoms with Gasteiger partial charge in [0.05, 0.1) is 10.2 Å². The Morgan fingerprint density at radius 1 is 1.12 bits per heavy atom. The molecular weight excluding hydrogens is 300 g/mol. The molecule has 0 aliphatic rings. The number of imidazole rings is 1. The smallest absolute Gasteiger partial charge is 0.151 e. The second kappa shape index (κ2) is 4.17. The molecule has 0 radical (unpaired) electrons. The Bertz CT molecular complexity index is 673. The lowest BCUT2D eigenvalue weighted by molar-refractivity contribution is 1.18. The largest absolute Gasteiger partial charge is 0.306 e. The van der Waals surface area contributed by atoms with Crippen LogP contribution >= 0.6 is 27.5 Å². The monoisotopic (exact) mass is 306 g/mol. The van der Waals surface area contributed by atoms with Crippen LogP contribution in [0, 0.1) is 0 Å². The van der Waals surface area contributed by atoms with Crippen LogP contribution in [0.1, 0.15) is 0 Å². The minimum atomic E-state index is 0.735. The fourth-order valence-corrected chi connectivity index (χ4v) is 2.31. The summed E-state index contributed by atoms with van der Waals surface area (Å²) < 4.78 is 2.98. The molecular formula is C13H8BrClN2. The van der Waals surface area contributed by atoms with Crippen LogP contribution in [0.4, 0.5) is 0 Å². The molecule has 2 heterocycles. The fraction of sp³-hybridized carbons (Fsp3) is 0. The molecule has 1 aromatic carbocycles. The van der Waals surface area contributed by atoms with Crippen molar-refractivity contribution in [1.29, 1.82) is 0 Å². The van der Waals surface area contributed by atoms with Crippen LogP contribution in [0.15, 0.2) is 53.3 Å². The van der Waals surface area contributed by atoms with Gasteiger partial charge >= 0.3 is 0 Å². The Morgan fingerprint density at radius 2 is 1.88 bits per heavy atom. The number of fused-ring (bicyclic) bond motifs is 1. The molecule has 0 aliphatic heterocycles. The third-order valence-electron chi connectivity index (χ3n) is 2.58. The SMILES string of the molecule is Clc1ccc(-c2cn3cccc(Br)c3n2)cc1. The van der Waals surface area contributed by atoms with Crippen LogP contribution in [0.3, 0.4) is 0 Å². The number of hydrogen-bond acceptors (Lipinski definition) is 1. The highest BCUT2D eigenvalue weighted by atomic mass is 79.9. The molecule has 0 saturated carbocycles. The standard InChI is InChI=1S/C13H8BrClN2/c14-11-2-1-7-17-8-12(16-13(11)17)9-3-5-10(15)6-4-9/h1-8H. The number of rotatable bonds is 1. The van der Waals surface area contributed by atoms with Gasteiger partial charge < -0.3 is 4.40 Å². The van der Waals surface area contributed by atoms with Gasteiger partial charge in [-0.05, 0) is 40.2 Å². The van der Waals surface area contributed by atoms with Crippen LogP contribution in [0.2, 0.25) is 5.02 Å². The molecule has 3 aromatic rings. The average molecular weight is 308 g/mol. The molecule has 0 N–H and O–H groups in total. The topological polar surface area (TPSA) is 17.3 Å². The molecule has 0 fully saturated rings. The van der Waals surface area contributed by atoms with Crippen molar-refractivity contribution in [2.24, 2.45) is 0 Å². The molecule has 2 nitrogen and oxygen atoms in total. The molecule has 0 amide bonds. The molecule has 84 valence electrons. The van der Waals surface area contributed by atoms with E-state index in [0.29, 0.717) is 0 Å². The molecule has 17 heavy (non-hydrogen) atoms. The van der Waals surface area contributed by atoms with E-state index in [4.69, 9.17) is 11.6 Å². The maximum absolute atomic E-state index is 5.87. The lowest BCUT2D eigenvalue weighted by Crippen LogP contribution is -1.80. The zero-order valence-corrected chi connectivity index (χ0v) is 11.1. The van der Waals surface area contributed by atoms with E-state index in [1.807, 2.05) is 53.2 Å². The van der Waals surface area contributed by atoms with Gasteiger partial charge in [0.1, 0.15) is 0 Å². The summed E-state index contributed by atoms with van der Waals surface area (Å²) in [5, 5.41) is 0.735. The minimum absolute atomic E-state index is 0.735. The summed E-state index contributed by atoms with van der Waals surface area (Å²) in [4.78, 5) is 4.59. The first kappa shape index (κ1) is 10.8. The van der Waals surface area contributed by atoms with E-state index in [0.717, 1.165) is 26.4 Å². The molecule has 3 rings (SSSR count). The summed E-state index contributed by atoms with van der Waals surface area (Å²) >= 11 is 9.36. The number of aromatic nitrogens is 2. The summed E-state index contributed by atoms with van der Waals surface area (Å²) in [6, 6.07) is 11.6. The maximum Gasteiger partial charge on any atom is 0.151 e. The Hall–Kier alpha value is -1.32. The van der Waals surface area contributed by atoms with Crippen molar-refractivity contribution in [3.05, 3.63) is 58.3 Å². The van der Waals surface area contributed by atoms with Gasteiger partial charge in [0, 0.05) is 23.0 Å². The van der Waals surface area contributed by atoms with Crippen LogP contribution in [-0.4, -0.2) is 9.38 Å². The summed E-state index contributed by atoms with van der Waals surface area (Å²) in [6.07, 6.45) is 3.98. The fourth-order valence-electron chi connectivity index (χ4n) is 1.74. The van der Waals surface area contributed by atoms with Crippen LogP contribution in [0.5, 0.6) is 0 Å². The Morgan fingerprint density at radius 3 is 2.59 bits per heavy atom. The van der Waals surface area contributed by atoms with Gasteiger partial charge in [-0.1, -0.05) is 23.7 Å². The summed E-state index contributed by atoms with van der Waals surface area (Å²) in [5.74, 6) is 0. The van der Waals surface area contributed by atoms with E-state index in [-0.39, 0.29) is 0 Å². The quantitative estimate of drug-likeness (QED) is 0.650. The minimum Gasteiger partial charge on any atom is -0.306 e. The Balaban J connectivity index is 2.18. The summed E-state index contributed by atoms with van der Waals surface area (Å²) in [5.41, 5.74) is 2.91. The summed E-state index contributed by atoms with van der Waals surface area (Å²) in [6.45, 7) is 0. The number of hydrogen-bond donors (Lipinski definition) is 0. The lowest BCUT2D eigenvalue weighted by Gasteiger charge is -1.95. The van der Waals surface area contributed by atoms with Crippen molar-refractivity contribution >= 4 is 33.2 Å². The van der Waals surface area contributed by atoms with Crippen LogP contribution in [-0.2, 0) is 0 Å². The van der Waals surface area contributed by atoms with Crippen molar-refractivity contribution in [2.75, 3.05) is 0 Å². The number of nitrogens with zero attached hydrogens (tertiary/aromatic N) is 2. The molecule has 0 atom stereocenters. The lowest BCUT2D eigenvalue weighted by atomic mass is 10.2. The number of benzene rings is 1. The predicted molar refractivity (Wildman–Crippen MR) is 73.3 cm³/mol. The third kappa shape index (κ3) is 1.96. The van der Waals surface area contributed by atoms with Gasteiger partial charge in [-0.3, -0.25) is 0 Å². The zero-order valence-electron chi connectivity index (χ0n) is 8.77. The van der Waals surface area contributed by atoms with E-state index in [1.165, 1.54) is 0 Å². The van der Waals surface area contributed by atoms with Gasteiger partial charge in [-0.25, -0.2) is 4.98 Å². The van der Waals surface area contributed by atoms with Gasteiger partial charge in [-0.2, -0.15) is 0 Å². The molecule has 2 aromatic heterocycles. The average Bonchev–Trinajstić information content (AvgIpc) is 2.75. The molecule has 0 bridgehead atoms. The van der Waals surface area contributed by atoms with E-state index in [1.54, 1.807) is 0 Å². The van der Waals surface area contributed by atoms with Gasteiger partial charge in [0.25, 0.3) is 0 Å². The van der Waals surface area contributed by atoms with Crippen molar-refractivity contribution < 1.29 is 0 Å². The first-order valence-corrected chi connectivity index (χ1v) is 6.30. The number of pyridine rings is 1. The van der Waals surface area contributed by atoms with Crippen molar-refractivity contribution in [3.63, 3.8) is 0 Å². The molecule has 4 heteroatoms. The molecule has 0 spiro atoms. The molecule has 0 unspecified atom stereocenters. The highest BCUT2D eigenvalue weighted by Crippen LogP contribution is 2.24. The molecule has 0 saturated heterocycles. The van der Waals surface area contributed by atoms with Crippen molar-refractivity contribution in [2.45, 2.75) is 0 Å². The van der Waals surface area contributed by atoms with Gasteiger partial charge in [-0.15, -0.1) is 0 Å². The van der Waals surface area contributed by atoms with Crippen molar-refractivity contribution in [3.8, 4) is 11.3 Å². The second-order valence-electron chi connectivity index (χ2n) is 3.72. The Kier molecular flexibility index (Phi) is 2.65. The van der Waals surface area contributed by atoms with Crippen LogP contribution in [0.25, 0.3) is 16.9 Å². The van der Waals surface area contributed by atoms with Crippen molar-refractivity contribution in [1.82, 2.24) is 9.38 Å². The maximum atomic E-state index is 5.87. The highest BCUT2D eigenvalue weighted by molar-refractivity contribution is 9.10. The number of halogens is 2. The normalized spacial score (nSPS) is 10.9. The summed E-state index contributed by atoms with van der Waals surface area (Å²) in [7, 11) is 0. The predicted octanol–water partition coefficient (Wildman–Crippen LogP) is 4.42. The van der Waals surface area contributed by atoms with Crippen LogP contribution < -0.4 is 0 Å².